The Hall–Kier alpha value is -6.37. The van der Waals surface area contributed by atoms with E-state index in [1.54, 1.807) is 48.0 Å². The highest BCUT2D eigenvalue weighted by Gasteiger charge is 2.31. The highest BCUT2D eigenvalue weighted by molar-refractivity contribution is 7.90. The number of nitrogens with one attached hydrogen (secondary N) is 3. The van der Waals surface area contributed by atoms with Gasteiger partial charge in [-0.05, 0) is 85.3 Å². The van der Waals surface area contributed by atoms with Gasteiger partial charge in [-0.3, -0.25) is 28.8 Å². The number of ether oxygens (including phenoxy) is 2. The Labute approximate surface area is 351 Å². The summed E-state index contributed by atoms with van der Waals surface area (Å²) < 4.78 is 39.3. The fourth-order valence-electron chi connectivity index (χ4n) is 7.21. The van der Waals surface area contributed by atoms with E-state index in [1.807, 2.05) is 37.3 Å². The van der Waals surface area contributed by atoms with E-state index in [0.29, 0.717) is 90.8 Å². The highest BCUT2D eigenvalue weighted by atomic mass is 32.2. The van der Waals surface area contributed by atoms with Gasteiger partial charge in [0.25, 0.3) is 5.91 Å². The fraction of sp³-hybridized carbons (Fsp3) is 0.349. The summed E-state index contributed by atoms with van der Waals surface area (Å²) in [5, 5.41) is 16.9. The zero-order valence-corrected chi connectivity index (χ0v) is 35.0. The average Bonchev–Trinajstić information content (AvgIpc) is 3.50. The Morgan fingerprint density at radius 3 is 2.52 bits per heavy atom. The number of fused-ring (bicyclic) bond motifs is 2. The second kappa shape index (κ2) is 18.9. The predicted molar refractivity (Wildman–Crippen MR) is 227 cm³/mol. The average molecular weight is 850 g/mol. The minimum Gasteiger partial charge on any atom is -0.476 e. The van der Waals surface area contributed by atoms with Crippen LogP contribution in [0.15, 0.2) is 82.5 Å². The molecule has 1 atom stereocenters. The van der Waals surface area contributed by atoms with Crippen molar-refractivity contribution in [3.05, 3.63) is 106 Å². The standard InChI is InChI=1S/C43H47N9O8S/c1-4-28-11-12-29(24-38(28)61(3,57)58)41(54)45-26-30-25-34-33(50-49-30)14-13-32(46-34)31-8-5-9-40(47-31)60-22-19-44-18-21-59-20-6-7-27-10-15-35-37(23-27)51(2)43(56)52(35)36-16-17-39(53)48-42(36)55/h5,8-15,23-25,36,44H,4,6-7,16-22,26H2,1-3H3,(H,45,54)(H,48,53,55). The SMILES string of the molecule is CCc1ccc(C(=O)NCc2cc3nc(-c4cccc(OCCNCCOCCCc5ccc6c(c5)n(C)c(=O)n6C5CCC(=O)NC5=O)n4)ccc3nn2)cc1S(C)(=O)=O. The monoisotopic (exact) mass is 849 g/mol. The number of rotatable bonds is 18. The first-order valence-electron chi connectivity index (χ1n) is 20.1. The van der Waals surface area contributed by atoms with Gasteiger partial charge in [-0.25, -0.2) is 23.2 Å². The first kappa shape index (κ1) is 42.7. The van der Waals surface area contributed by atoms with E-state index < -0.39 is 27.7 Å². The smallest absolute Gasteiger partial charge is 0.329 e. The van der Waals surface area contributed by atoms with Gasteiger partial charge >= 0.3 is 5.69 Å². The van der Waals surface area contributed by atoms with Crippen molar-refractivity contribution in [1.82, 2.24) is 45.2 Å². The number of amides is 3. The number of hydrogen-bond acceptors (Lipinski definition) is 13. The molecular formula is C43H47N9O8S. The van der Waals surface area contributed by atoms with Crippen LogP contribution in [0.3, 0.4) is 0 Å². The lowest BCUT2D eigenvalue weighted by atomic mass is 10.1. The van der Waals surface area contributed by atoms with Crippen molar-refractivity contribution in [3.63, 3.8) is 0 Å². The summed E-state index contributed by atoms with van der Waals surface area (Å²) in [7, 11) is -1.81. The van der Waals surface area contributed by atoms with Crippen LogP contribution in [-0.4, -0.2) is 94.6 Å². The van der Waals surface area contributed by atoms with Crippen LogP contribution in [0, 0.1) is 0 Å². The van der Waals surface area contributed by atoms with E-state index in [2.05, 4.69) is 31.1 Å². The van der Waals surface area contributed by atoms with Crippen LogP contribution >= 0.6 is 0 Å². The third-order valence-electron chi connectivity index (χ3n) is 10.4. The van der Waals surface area contributed by atoms with E-state index >= 15 is 0 Å². The van der Waals surface area contributed by atoms with Crippen LogP contribution in [0.2, 0.25) is 0 Å². The zero-order chi connectivity index (χ0) is 43.1. The van der Waals surface area contributed by atoms with E-state index in [1.165, 1.54) is 10.6 Å². The number of benzene rings is 2. The van der Waals surface area contributed by atoms with Gasteiger partial charge in [0, 0.05) is 51.1 Å². The molecule has 3 amide bonds. The van der Waals surface area contributed by atoms with Crippen LogP contribution in [0.1, 0.15) is 59.4 Å². The summed E-state index contributed by atoms with van der Waals surface area (Å²) in [4.78, 5) is 59.5. The Bertz CT molecular complexity index is 2790. The van der Waals surface area contributed by atoms with E-state index in [0.717, 1.165) is 30.2 Å². The van der Waals surface area contributed by atoms with Gasteiger partial charge in [0.15, 0.2) is 9.84 Å². The normalized spacial score (nSPS) is 14.4. The Balaban J connectivity index is 0.830. The molecule has 1 unspecified atom stereocenters. The molecule has 318 valence electrons. The van der Waals surface area contributed by atoms with Crippen molar-refractivity contribution in [1.29, 1.82) is 0 Å². The molecule has 0 aliphatic carbocycles. The quantitative estimate of drug-likeness (QED) is 0.0837. The molecular weight excluding hydrogens is 803 g/mol. The molecule has 7 rings (SSSR count). The first-order valence-corrected chi connectivity index (χ1v) is 22.0. The van der Waals surface area contributed by atoms with E-state index in [-0.39, 0.29) is 35.0 Å². The lowest BCUT2D eigenvalue weighted by Gasteiger charge is -2.21. The summed E-state index contributed by atoms with van der Waals surface area (Å²) in [6, 6.07) is 20.5. The summed E-state index contributed by atoms with van der Waals surface area (Å²) in [5.74, 6) is -0.751. The number of carbonyl (C=O) groups excluding carboxylic acids is 3. The minimum absolute atomic E-state index is 0.0646. The van der Waals surface area contributed by atoms with Crippen molar-refractivity contribution in [3.8, 4) is 17.3 Å². The molecule has 17 nitrogen and oxygen atoms in total. The summed E-state index contributed by atoms with van der Waals surface area (Å²) >= 11 is 0. The van der Waals surface area contributed by atoms with Crippen LogP contribution in [0.25, 0.3) is 33.5 Å². The van der Waals surface area contributed by atoms with Crippen molar-refractivity contribution in [2.24, 2.45) is 7.05 Å². The van der Waals surface area contributed by atoms with Gasteiger partial charge in [0.1, 0.15) is 18.2 Å². The molecule has 1 aliphatic rings. The zero-order valence-electron chi connectivity index (χ0n) is 34.1. The third kappa shape index (κ3) is 10.2. The lowest BCUT2D eigenvalue weighted by molar-refractivity contribution is -0.135. The van der Waals surface area contributed by atoms with Crippen molar-refractivity contribution in [2.45, 2.75) is 56.5 Å². The van der Waals surface area contributed by atoms with Crippen LogP contribution in [-0.2, 0) is 50.6 Å². The maximum atomic E-state index is 13.0. The molecule has 18 heteroatoms. The number of piperidine rings is 1. The van der Waals surface area contributed by atoms with Gasteiger partial charge in [-0.1, -0.05) is 25.1 Å². The molecule has 5 heterocycles. The molecule has 6 aromatic rings. The number of imide groups is 1. The van der Waals surface area contributed by atoms with Crippen LogP contribution in [0.5, 0.6) is 5.88 Å². The van der Waals surface area contributed by atoms with Crippen LogP contribution in [0.4, 0.5) is 0 Å². The number of imidazole rings is 1. The molecule has 61 heavy (non-hydrogen) atoms. The number of aryl methyl sites for hydroxylation is 3. The largest absolute Gasteiger partial charge is 0.476 e. The summed E-state index contributed by atoms with van der Waals surface area (Å²) in [5.41, 5.74) is 5.90. The van der Waals surface area contributed by atoms with Gasteiger partial charge in [-0.2, -0.15) is 5.10 Å². The Morgan fingerprint density at radius 1 is 0.902 bits per heavy atom. The van der Waals surface area contributed by atoms with Crippen LogP contribution < -0.4 is 26.4 Å². The molecule has 0 spiro atoms. The molecule has 4 aromatic heterocycles. The highest BCUT2D eigenvalue weighted by Crippen LogP contribution is 2.25. The first-order chi connectivity index (χ1) is 29.4. The Kier molecular flexibility index (Phi) is 13.3. The second-order valence-electron chi connectivity index (χ2n) is 14.7. The molecule has 3 N–H and O–H groups in total. The molecule has 0 bridgehead atoms. The summed E-state index contributed by atoms with van der Waals surface area (Å²) in [6.45, 7) is 4.64. The third-order valence-corrected chi connectivity index (χ3v) is 11.6. The molecule has 2 aromatic carbocycles. The minimum atomic E-state index is -3.50. The van der Waals surface area contributed by atoms with Gasteiger partial charge in [0.05, 0.1) is 51.7 Å². The number of hydrogen-bond donors (Lipinski definition) is 3. The molecule has 1 fully saturated rings. The number of sulfone groups is 1. The number of pyridine rings is 2. The lowest BCUT2D eigenvalue weighted by Crippen LogP contribution is -2.44. The maximum Gasteiger partial charge on any atom is 0.329 e. The second-order valence-corrected chi connectivity index (χ2v) is 16.7. The van der Waals surface area contributed by atoms with Crippen molar-refractivity contribution in [2.75, 3.05) is 39.2 Å². The molecule has 0 saturated carbocycles. The number of carbonyl (C=O) groups is 3. The molecule has 1 saturated heterocycles. The Morgan fingerprint density at radius 2 is 1.72 bits per heavy atom. The maximum absolute atomic E-state index is 13.0. The van der Waals surface area contributed by atoms with Gasteiger partial charge < -0.3 is 20.1 Å². The van der Waals surface area contributed by atoms with E-state index in [4.69, 9.17) is 14.5 Å². The van der Waals surface area contributed by atoms with Gasteiger partial charge in [-0.15, -0.1) is 5.10 Å². The number of aromatic nitrogens is 6. The molecule has 0 radical (unpaired) electrons. The fourth-order valence-corrected chi connectivity index (χ4v) is 8.24. The van der Waals surface area contributed by atoms with E-state index in [9.17, 15) is 27.6 Å². The topological polar surface area (TPSA) is 218 Å². The van der Waals surface area contributed by atoms with Gasteiger partial charge in [0.2, 0.25) is 17.7 Å². The predicted octanol–water partition coefficient (Wildman–Crippen LogP) is 3.23. The number of nitrogens with zero attached hydrogens (tertiary/aromatic N) is 6. The van der Waals surface area contributed by atoms with Crippen molar-refractivity contribution < 1.29 is 32.3 Å². The molecule has 1 aliphatic heterocycles. The van der Waals surface area contributed by atoms with Crippen molar-refractivity contribution >= 4 is 49.6 Å². The summed E-state index contributed by atoms with van der Waals surface area (Å²) in [6.07, 6.45) is 3.71.